The maximum absolute atomic E-state index is 14.9. The standard InChI is InChI=1S/C33H31ClF2N8O.CH4/c1-44(2)23-11-9-18(13-23)31(45)43-32(37)40-21-5-3-6-22(15-21)41-33-39-17-19-16-38-30(28-26(35)7-4-8-27(28)36)25-14-20(34)10-12-24(25)29(19)42-33;/h3-8,10,12,14-15,17-18,23H,9,11,13,16H2,1-2H3,(H,39,41,42)(H3,37,40,43,45);1H4. The molecular formula is C34H35ClF2N8O. The van der Waals surface area contributed by atoms with E-state index in [1.54, 1.807) is 42.6 Å². The summed E-state index contributed by atoms with van der Waals surface area (Å²) in [5.74, 6) is -1.37. The summed E-state index contributed by atoms with van der Waals surface area (Å²) in [4.78, 5) is 33.0. The molecule has 46 heavy (non-hydrogen) atoms. The van der Waals surface area contributed by atoms with Crippen LogP contribution in [-0.4, -0.2) is 52.6 Å². The molecule has 6 rings (SSSR count). The van der Waals surface area contributed by atoms with Crippen molar-refractivity contribution in [3.8, 4) is 11.3 Å². The van der Waals surface area contributed by atoms with Crippen LogP contribution < -0.4 is 16.4 Å². The summed E-state index contributed by atoms with van der Waals surface area (Å²) in [7, 11) is 4.04. The van der Waals surface area contributed by atoms with Crippen molar-refractivity contribution in [2.75, 3.05) is 19.4 Å². The zero-order valence-electron chi connectivity index (χ0n) is 24.7. The van der Waals surface area contributed by atoms with E-state index in [9.17, 15) is 13.6 Å². The van der Waals surface area contributed by atoms with E-state index in [0.29, 0.717) is 44.8 Å². The molecule has 1 aliphatic heterocycles. The van der Waals surface area contributed by atoms with Crippen LogP contribution in [0.4, 0.5) is 26.1 Å². The van der Waals surface area contributed by atoms with Gasteiger partial charge >= 0.3 is 0 Å². The molecule has 2 aliphatic rings. The van der Waals surface area contributed by atoms with Crippen LogP contribution in [0.2, 0.25) is 5.02 Å². The highest BCUT2D eigenvalue weighted by Crippen LogP contribution is 2.35. The van der Waals surface area contributed by atoms with Crippen molar-refractivity contribution in [3.63, 3.8) is 0 Å². The summed E-state index contributed by atoms with van der Waals surface area (Å²) in [6, 6.07) is 16.3. The van der Waals surface area contributed by atoms with Gasteiger partial charge in [-0.1, -0.05) is 37.2 Å². The van der Waals surface area contributed by atoms with Crippen molar-refractivity contribution in [2.45, 2.75) is 39.3 Å². The van der Waals surface area contributed by atoms with E-state index in [1.165, 1.54) is 18.2 Å². The molecular weight excluding hydrogens is 610 g/mol. The Morgan fingerprint density at radius 3 is 2.54 bits per heavy atom. The molecule has 1 amide bonds. The summed E-state index contributed by atoms with van der Waals surface area (Å²) in [5.41, 5.74) is 9.47. The van der Waals surface area contributed by atoms with E-state index in [-0.39, 0.29) is 49.0 Å². The number of carbonyl (C=O) groups is 1. The summed E-state index contributed by atoms with van der Waals surface area (Å²) in [6.07, 6.45) is 4.20. The van der Waals surface area contributed by atoms with Gasteiger partial charge in [-0.25, -0.2) is 23.7 Å². The molecule has 0 spiro atoms. The monoisotopic (exact) mass is 644 g/mol. The van der Waals surface area contributed by atoms with Gasteiger partial charge in [-0.05, 0) is 75.8 Å². The SMILES string of the molecule is C.CN(C)C1CCC(C(=O)NC(N)=Nc2cccc(Nc3ncc4c(n3)-c3ccc(Cl)cc3C(c3c(F)cccc3F)=NC4)c2)C1. The maximum Gasteiger partial charge on any atom is 0.229 e. The number of nitrogens with two attached hydrogens (primary N) is 1. The van der Waals surface area contributed by atoms with Crippen LogP contribution >= 0.6 is 11.6 Å². The van der Waals surface area contributed by atoms with Crippen molar-refractivity contribution in [3.05, 3.63) is 100 Å². The van der Waals surface area contributed by atoms with Crippen LogP contribution in [0.5, 0.6) is 0 Å². The number of aliphatic imine (C=N–C) groups is 2. The number of guanidine groups is 1. The second-order valence-electron chi connectivity index (χ2n) is 11.3. The highest BCUT2D eigenvalue weighted by molar-refractivity contribution is 6.31. The average molecular weight is 645 g/mol. The minimum Gasteiger partial charge on any atom is -0.369 e. The van der Waals surface area contributed by atoms with Gasteiger partial charge in [0, 0.05) is 45.6 Å². The van der Waals surface area contributed by atoms with Crippen LogP contribution in [0.25, 0.3) is 11.3 Å². The Bertz CT molecular complexity index is 1820. The zero-order valence-corrected chi connectivity index (χ0v) is 25.4. The third kappa shape index (κ3) is 6.90. The van der Waals surface area contributed by atoms with Gasteiger partial charge in [0.1, 0.15) is 11.6 Å². The molecule has 1 aromatic heterocycles. The fourth-order valence-corrected chi connectivity index (χ4v) is 5.94. The lowest BCUT2D eigenvalue weighted by molar-refractivity contribution is -0.123. The highest BCUT2D eigenvalue weighted by Gasteiger charge is 2.31. The molecule has 9 nitrogen and oxygen atoms in total. The number of hydrogen-bond acceptors (Lipinski definition) is 7. The first-order valence-corrected chi connectivity index (χ1v) is 14.9. The van der Waals surface area contributed by atoms with Crippen LogP contribution in [0.15, 0.2) is 76.8 Å². The van der Waals surface area contributed by atoms with Crippen molar-refractivity contribution in [2.24, 2.45) is 21.6 Å². The lowest BCUT2D eigenvalue weighted by Crippen LogP contribution is -2.40. The van der Waals surface area contributed by atoms with Crippen molar-refractivity contribution >= 4 is 46.5 Å². The predicted molar refractivity (Wildman–Crippen MR) is 179 cm³/mol. The van der Waals surface area contributed by atoms with Gasteiger partial charge in [0.05, 0.1) is 29.2 Å². The minimum atomic E-state index is -0.724. The largest absolute Gasteiger partial charge is 0.369 e. The summed E-state index contributed by atoms with van der Waals surface area (Å²) in [6.45, 7) is 0.108. The Morgan fingerprint density at radius 1 is 1.04 bits per heavy atom. The number of amides is 1. The Hall–Kier alpha value is -4.74. The van der Waals surface area contributed by atoms with Crippen LogP contribution in [0, 0.1) is 17.6 Å². The molecule has 2 atom stereocenters. The lowest BCUT2D eigenvalue weighted by atomic mass is 9.95. The molecule has 1 saturated carbocycles. The van der Waals surface area contributed by atoms with Crippen molar-refractivity contribution in [1.29, 1.82) is 0 Å². The number of nitrogens with one attached hydrogen (secondary N) is 2. The number of fused-ring (bicyclic) bond motifs is 3. The first-order valence-electron chi connectivity index (χ1n) is 14.5. The van der Waals surface area contributed by atoms with Gasteiger partial charge in [0.15, 0.2) is 0 Å². The first kappa shape index (κ1) is 32.6. The van der Waals surface area contributed by atoms with E-state index >= 15 is 0 Å². The third-order valence-electron chi connectivity index (χ3n) is 8.07. The number of hydrogen-bond donors (Lipinski definition) is 3. The molecule has 2 unspecified atom stereocenters. The summed E-state index contributed by atoms with van der Waals surface area (Å²) >= 11 is 6.32. The molecule has 2 heterocycles. The molecule has 0 saturated heterocycles. The van der Waals surface area contributed by atoms with Gasteiger partial charge in [-0.15, -0.1) is 0 Å². The smallest absolute Gasteiger partial charge is 0.229 e. The van der Waals surface area contributed by atoms with E-state index in [1.807, 2.05) is 20.2 Å². The first-order chi connectivity index (χ1) is 21.7. The fraction of sp³-hybridized carbons (Fsp3) is 0.265. The molecule has 1 fully saturated rings. The Kier molecular flexibility index (Phi) is 9.74. The minimum absolute atomic E-state index is 0. The van der Waals surface area contributed by atoms with Gasteiger partial charge in [-0.2, -0.15) is 0 Å². The summed E-state index contributed by atoms with van der Waals surface area (Å²) in [5, 5.41) is 6.31. The fourth-order valence-electron chi connectivity index (χ4n) is 5.76. The van der Waals surface area contributed by atoms with E-state index < -0.39 is 11.6 Å². The molecule has 12 heteroatoms. The Labute approximate surface area is 271 Å². The van der Waals surface area contributed by atoms with Gasteiger partial charge in [-0.3, -0.25) is 15.1 Å². The third-order valence-corrected chi connectivity index (χ3v) is 8.31. The maximum atomic E-state index is 14.9. The van der Waals surface area contributed by atoms with Crippen LogP contribution in [0.3, 0.4) is 0 Å². The van der Waals surface area contributed by atoms with E-state index in [0.717, 1.165) is 19.3 Å². The number of carbonyl (C=O) groups excluding carboxylic acids is 1. The summed E-state index contributed by atoms with van der Waals surface area (Å²) < 4.78 is 29.7. The molecule has 238 valence electrons. The zero-order chi connectivity index (χ0) is 31.7. The van der Waals surface area contributed by atoms with Crippen molar-refractivity contribution < 1.29 is 13.6 Å². The number of aromatic nitrogens is 2. The van der Waals surface area contributed by atoms with Crippen LogP contribution in [0.1, 0.15) is 43.4 Å². The number of anilines is 2. The molecule has 1 aliphatic carbocycles. The van der Waals surface area contributed by atoms with E-state index in [4.69, 9.17) is 22.3 Å². The highest BCUT2D eigenvalue weighted by atomic mass is 35.5. The second-order valence-corrected chi connectivity index (χ2v) is 11.7. The topological polar surface area (TPSA) is 121 Å². The molecule has 3 aromatic carbocycles. The van der Waals surface area contributed by atoms with Crippen LogP contribution in [-0.2, 0) is 11.3 Å². The number of nitrogens with zero attached hydrogens (tertiary/aromatic N) is 5. The number of rotatable bonds is 6. The van der Waals surface area contributed by atoms with Crippen molar-refractivity contribution in [1.82, 2.24) is 20.2 Å². The van der Waals surface area contributed by atoms with Gasteiger partial charge in [0.25, 0.3) is 0 Å². The Balaban J connectivity index is 0.00000417. The van der Waals surface area contributed by atoms with Gasteiger partial charge < -0.3 is 16.0 Å². The predicted octanol–water partition coefficient (Wildman–Crippen LogP) is 6.60. The average Bonchev–Trinajstić information content (AvgIpc) is 3.45. The quantitative estimate of drug-likeness (QED) is 0.161. The molecule has 4 aromatic rings. The number of halogens is 3. The van der Waals surface area contributed by atoms with Gasteiger partial charge in [0.2, 0.25) is 17.8 Å². The lowest BCUT2D eigenvalue weighted by Gasteiger charge is -2.18. The van der Waals surface area contributed by atoms with E-state index in [2.05, 4.69) is 30.5 Å². The normalized spacial score (nSPS) is 17.3. The number of benzene rings is 3. The second kappa shape index (κ2) is 13.7. The molecule has 4 N–H and O–H groups in total. The Morgan fingerprint density at radius 2 is 1.80 bits per heavy atom. The molecule has 0 bridgehead atoms. The molecule has 0 radical (unpaired) electrons.